The summed E-state index contributed by atoms with van der Waals surface area (Å²) in [7, 11) is 0. The van der Waals surface area contributed by atoms with E-state index < -0.39 is 17.7 Å². The van der Waals surface area contributed by atoms with E-state index in [2.05, 4.69) is 0 Å². The van der Waals surface area contributed by atoms with Crippen LogP contribution in [0.25, 0.3) is 0 Å². The van der Waals surface area contributed by atoms with E-state index in [1.165, 1.54) is 0 Å². The van der Waals surface area contributed by atoms with Crippen molar-refractivity contribution in [2.45, 2.75) is 6.10 Å². The molecule has 0 saturated carbocycles. The largest absolute Gasteiger partial charge is 0.487 e. The molecule has 1 unspecified atom stereocenters. The molecule has 1 aliphatic rings. The molecule has 1 aliphatic heterocycles. The second-order valence-electron chi connectivity index (χ2n) is 2.60. The molecule has 1 aromatic carbocycles. The predicted octanol–water partition coefficient (Wildman–Crippen LogP) is 1.39. The number of halogens is 2. The van der Waals surface area contributed by atoms with Gasteiger partial charge in [-0.3, -0.25) is 0 Å². The van der Waals surface area contributed by atoms with Crippen LogP contribution in [0, 0.1) is 11.6 Å². The Morgan fingerprint density at radius 2 is 2.00 bits per heavy atom. The first kappa shape index (κ1) is 7.49. The molecular formula is C8H6F2O2. The van der Waals surface area contributed by atoms with E-state index in [0.29, 0.717) is 0 Å². The van der Waals surface area contributed by atoms with Crippen molar-refractivity contribution in [3.05, 3.63) is 29.3 Å². The third-order valence-electron chi connectivity index (χ3n) is 1.81. The van der Waals surface area contributed by atoms with Crippen molar-refractivity contribution in [1.82, 2.24) is 0 Å². The lowest BCUT2D eigenvalue weighted by atomic mass is 10.1. The topological polar surface area (TPSA) is 29.5 Å². The summed E-state index contributed by atoms with van der Waals surface area (Å²) in [6.07, 6.45) is -1.05. The van der Waals surface area contributed by atoms with Crippen molar-refractivity contribution in [3.8, 4) is 5.75 Å². The van der Waals surface area contributed by atoms with Crippen molar-refractivity contribution in [2.75, 3.05) is 6.61 Å². The van der Waals surface area contributed by atoms with E-state index >= 15 is 0 Å². The number of aliphatic hydroxyl groups is 1. The number of aliphatic hydroxyl groups excluding tert-OH is 1. The number of ether oxygens (including phenoxy) is 1. The first-order valence-corrected chi connectivity index (χ1v) is 3.49. The monoisotopic (exact) mass is 172 g/mol. The molecule has 64 valence electrons. The summed E-state index contributed by atoms with van der Waals surface area (Å²) < 4.78 is 30.5. The number of benzene rings is 1. The molecule has 1 N–H and O–H groups in total. The van der Waals surface area contributed by atoms with Crippen molar-refractivity contribution >= 4 is 0 Å². The Hall–Kier alpha value is -1.16. The number of hydrogen-bond donors (Lipinski definition) is 1. The highest BCUT2D eigenvalue weighted by Crippen LogP contribution is 2.36. The second kappa shape index (κ2) is 2.42. The minimum absolute atomic E-state index is 0.0741. The molecule has 0 aromatic heterocycles. The second-order valence-corrected chi connectivity index (χ2v) is 2.60. The molecular weight excluding hydrogens is 166 g/mol. The zero-order chi connectivity index (χ0) is 8.72. The maximum atomic E-state index is 12.9. The van der Waals surface area contributed by atoms with Gasteiger partial charge in [-0.25, -0.2) is 8.78 Å². The lowest BCUT2D eigenvalue weighted by molar-refractivity contribution is 0.137. The molecule has 0 radical (unpaired) electrons. The number of rotatable bonds is 0. The van der Waals surface area contributed by atoms with Gasteiger partial charge in [0.15, 0.2) is 11.6 Å². The highest BCUT2D eigenvalue weighted by molar-refractivity contribution is 5.40. The van der Waals surface area contributed by atoms with Gasteiger partial charge in [0, 0.05) is 0 Å². The Kier molecular flexibility index (Phi) is 1.51. The van der Waals surface area contributed by atoms with Crippen LogP contribution in [0.15, 0.2) is 12.1 Å². The summed E-state index contributed by atoms with van der Waals surface area (Å²) in [5.74, 6) is -1.43. The Bertz CT molecular complexity index is 325. The maximum absolute atomic E-state index is 12.9. The average molecular weight is 172 g/mol. The van der Waals surface area contributed by atoms with Crippen LogP contribution in [0.3, 0.4) is 0 Å². The van der Waals surface area contributed by atoms with Crippen LogP contribution < -0.4 is 4.74 Å². The molecule has 1 atom stereocenters. The Morgan fingerprint density at radius 3 is 2.67 bits per heavy atom. The predicted molar refractivity (Wildman–Crippen MR) is 36.8 cm³/mol. The Labute approximate surface area is 67.4 Å². The molecule has 0 amide bonds. The lowest BCUT2D eigenvalue weighted by Gasteiger charge is -2.01. The molecule has 0 fully saturated rings. The van der Waals surface area contributed by atoms with Crippen molar-refractivity contribution in [3.63, 3.8) is 0 Å². The summed E-state index contributed by atoms with van der Waals surface area (Å²) >= 11 is 0. The minimum Gasteiger partial charge on any atom is -0.487 e. The molecule has 0 spiro atoms. The Balaban J connectivity index is 2.64. The zero-order valence-electron chi connectivity index (χ0n) is 6.05. The van der Waals surface area contributed by atoms with E-state index in [9.17, 15) is 8.78 Å². The molecule has 0 saturated heterocycles. The van der Waals surface area contributed by atoms with Crippen LogP contribution >= 0.6 is 0 Å². The number of fused-ring (bicyclic) bond motifs is 1. The summed E-state index contributed by atoms with van der Waals surface area (Å²) in [6.45, 7) is -0.0762. The first-order chi connectivity index (χ1) is 5.70. The van der Waals surface area contributed by atoms with Gasteiger partial charge in [0.1, 0.15) is 18.5 Å². The van der Waals surface area contributed by atoms with Crippen molar-refractivity contribution in [1.29, 1.82) is 0 Å². The zero-order valence-corrected chi connectivity index (χ0v) is 6.05. The SMILES string of the molecule is OC1COc2c(F)ccc(F)c21. The smallest absolute Gasteiger partial charge is 0.165 e. The standard InChI is InChI=1S/C8H6F2O2/c9-4-1-2-5(10)8-7(4)6(11)3-12-8/h1-2,6,11H,3H2. The van der Waals surface area contributed by atoms with Gasteiger partial charge in [0.2, 0.25) is 0 Å². The minimum atomic E-state index is -1.05. The average Bonchev–Trinajstić information content (AvgIpc) is 2.42. The van der Waals surface area contributed by atoms with E-state index in [-0.39, 0.29) is 17.9 Å². The van der Waals surface area contributed by atoms with E-state index in [4.69, 9.17) is 9.84 Å². The Morgan fingerprint density at radius 1 is 1.33 bits per heavy atom. The normalized spacial score (nSPS) is 20.4. The fourth-order valence-electron chi connectivity index (χ4n) is 1.25. The summed E-state index contributed by atoms with van der Waals surface area (Å²) in [6, 6.07) is 1.96. The van der Waals surface area contributed by atoms with E-state index in [1.54, 1.807) is 0 Å². The van der Waals surface area contributed by atoms with Crippen molar-refractivity contribution < 1.29 is 18.6 Å². The van der Waals surface area contributed by atoms with E-state index in [1.807, 2.05) is 0 Å². The molecule has 0 aliphatic carbocycles. The molecule has 2 nitrogen and oxygen atoms in total. The summed E-state index contributed by atoms with van der Waals surface area (Å²) in [4.78, 5) is 0. The van der Waals surface area contributed by atoms with Gasteiger partial charge in [-0.2, -0.15) is 0 Å². The van der Waals surface area contributed by atoms with Crippen LogP contribution in [0.2, 0.25) is 0 Å². The summed E-state index contributed by atoms with van der Waals surface area (Å²) in [5.41, 5.74) is -0.0741. The molecule has 2 rings (SSSR count). The van der Waals surface area contributed by atoms with Crippen LogP contribution in [0.1, 0.15) is 11.7 Å². The third-order valence-corrected chi connectivity index (χ3v) is 1.81. The van der Waals surface area contributed by atoms with Crippen LogP contribution in [-0.2, 0) is 0 Å². The maximum Gasteiger partial charge on any atom is 0.165 e. The van der Waals surface area contributed by atoms with Gasteiger partial charge >= 0.3 is 0 Å². The number of hydrogen-bond acceptors (Lipinski definition) is 2. The van der Waals surface area contributed by atoms with Crippen LogP contribution in [0.5, 0.6) is 5.75 Å². The lowest BCUT2D eigenvalue weighted by Crippen LogP contribution is -1.98. The third kappa shape index (κ3) is 0.881. The van der Waals surface area contributed by atoms with Crippen LogP contribution in [-0.4, -0.2) is 11.7 Å². The van der Waals surface area contributed by atoms with Gasteiger partial charge in [0.25, 0.3) is 0 Å². The molecule has 1 aromatic rings. The summed E-state index contributed by atoms with van der Waals surface area (Å²) in [5, 5.41) is 9.15. The van der Waals surface area contributed by atoms with E-state index in [0.717, 1.165) is 12.1 Å². The van der Waals surface area contributed by atoms with Gasteiger partial charge in [-0.15, -0.1) is 0 Å². The highest BCUT2D eigenvalue weighted by Gasteiger charge is 2.28. The fourth-order valence-corrected chi connectivity index (χ4v) is 1.25. The molecule has 4 heteroatoms. The molecule has 0 bridgehead atoms. The van der Waals surface area contributed by atoms with Gasteiger partial charge in [-0.05, 0) is 12.1 Å². The van der Waals surface area contributed by atoms with Gasteiger partial charge < -0.3 is 9.84 Å². The molecule has 1 heterocycles. The van der Waals surface area contributed by atoms with Gasteiger partial charge in [0.05, 0.1) is 5.56 Å². The van der Waals surface area contributed by atoms with Crippen molar-refractivity contribution in [2.24, 2.45) is 0 Å². The highest BCUT2D eigenvalue weighted by atomic mass is 19.1. The quantitative estimate of drug-likeness (QED) is 0.640. The van der Waals surface area contributed by atoms with Crippen LogP contribution in [0.4, 0.5) is 8.78 Å². The van der Waals surface area contributed by atoms with Gasteiger partial charge in [-0.1, -0.05) is 0 Å². The first-order valence-electron chi connectivity index (χ1n) is 3.49. The fraction of sp³-hybridized carbons (Fsp3) is 0.250. The molecule has 12 heavy (non-hydrogen) atoms.